The van der Waals surface area contributed by atoms with Crippen LogP contribution in [0.3, 0.4) is 0 Å². The Morgan fingerprint density at radius 3 is 2.24 bits per heavy atom. The van der Waals surface area contributed by atoms with Gasteiger partial charge in [0.25, 0.3) is 0 Å². The maximum Gasteiger partial charge on any atom is 0.242 e. The summed E-state index contributed by atoms with van der Waals surface area (Å²) in [5.74, 6) is -0.576. The SMILES string of the molecule is CCOc1ccc(N(CCCC(=O)N(Cc2ccccc2F)[C@H](C)C(=O)NC(C)(C)C)S(C)(=O)=O)cc1. The highest BCUT2D eigenvalue weighted by molar-refractivity contribution is 7.92. The van der Waals surface area contributed by atoms with Crippen LogP contribution in [0.15, 0.2) is 48.5 Å². The summed E-state index contributed by atoms with van der Waals surface area (Å²) < 4.78 is 46.0. The second kappa shape index (κ2) is 12.9. The third-order valence-corrected chi connectivity index (χ3v) is 6.75. The van der Waals surface area contributed by atoms with Crippen LogP contribution in [-0.4, -0.2) is 56.1 Å². The minimum atomic E-state index is -3.61. The maximum atomic E-state index is 14.4. The second-order valence-corrected chi connectivity index (χ2v) is 11.8. The fourth-order valence-electron chi connectivity index (χ4n) is 3.75. The van der Waals surface area contributed by atoms with Gasteiger partial charge in [-0.3, -0.25) is 13.9 Å². The normalized spacial score (nSPS) is 12.5. The van der Waals surface area contributed by atoms with Gasteiger partial charge in [0.2, 0.25) is 21.8 Å². The number of carbonyl (C=O) groups is 2. The molecule has 0 aliphatic heterocycles. The summed E-state index contributed by atoms with van der Waals surface area (Å²) in [4.78, 5) is 27.5. The average Bonchev–Trinajstić information content (AvgIpc) is 2.80. The zero-order valence-corrected chi connectivity index (χ0v) is 23.3. The summed E-state index contributed by atoms with van der Waals surface area (Å²) in [7, 11) is -3.61. The molecule has 0 spiro atoms. The number of rotatable bonds is 12. The number of hydrogen-bond donors (Lipinski definition) is 1. The van der Waals surface area contributed by atoms with E-state index in [0.29, 0.717) is 23.6 Å². The van der Waals surface area contributed by atoms with Gasteiger partial charge >= 0.3 is 0 Å². The molecule has 0 unspecified atom stereocenters. The van der Waals surface area contributed by atoms with Gasteiger partial charge in [-0.2, -0.15) is 0 Å². The lowest BCUT2D eigenvalue weighted by molar-refractivity contribution is -0.141. The fraction of sp³-hybridized carbons (Fsp3) is 0.481. The van der Waals surface area contributed by atoms with Gasteiger partial charge in [-0.15, -0.1) is 0 Å². The van der Waals surface area contributed by atoms with Crippen molar-refractivity contribution in [3.63, 3.8) is 0 Å². The quantitative estimate of drug-likeness (QED) is 0.442. The van der Waals surface area contributed by atoms with Crippen LogP contribution in [0.4, 0.5) is 10.1 Å². The van der Waals surface area contributed by atoms with Gasteiger partial charge in [0.1, 0.15) is 17.6 Å². The number of amides is 2. The summed E-state index contributed by atoms with van der Waals surface area (Å²) in [5, 5.41) is 2.86. The van der Waals surface area contributed by atoms with Crippen molar-refractivity contribution < 1.29 is 27.1 Å². The van der Waals surface area contributed by atoms with Crippen molar-refractivity contribution in [3.8, 4) is 5.75 Å². The first kappa shape index (κ1) is 30.1. The van der Waals surface area contributed by atoms with Gasteiger partial charge < -0.3 is 15.0 Å². The Bertz CT molecular complexity index is 1160. The van der Waals surface area contributed by atoms with E-state index in [1.54, 1.807) is 49.4 Å². The first-order chi connectivity index (χ1) is 17.2. The van der Waals surface area contributed by atoms with Crippen molar-refractivity contribution in [2.45, 2.75) is 65.6 Å². The molecule has 0 aliphatic carbocycles. The van der Waals surface area contributed by atoms with E-state index in [4.69, 9.17) is 4.74 Å². The predicted molar refractivity (Wildman–Crippen MR) is 143 cm³/mol. The Labute approximate surface area is 219 Å². The van der Waals surface area contributed by atoms with E-state index in [2.05, 4.69) is 5.32 Å². The Kier molecular flexibility index (Phi) is 10.5. The highest BCUT2D eigenvalue weighted by Crippen LogP contribution is 2.23. The number of nitrogens with zero attached hydrogens (tertiary/aromatic N) is 2. The number of benzene rings is 2. The zero-order valence-electron chi connectivity index (χ0n) is 22.5. The molecule has 0 fully saturated rings. The topological polar surface area (TPSA) is 96.0 Å². The van der Waals surface area contributed by atoms with E-state index in [9.17, 15) is 22.4 Å². The van der Waals surface area contributed by atoms with Crippen LogP contribution in [0.25, 0.3) is 0 Å². The van der Waals surface area contributed by atoms with E-state index in [-0.39, 0.29) is 37.7 Å². The van der Waals surface area contributed by atoms with E-state index < -0.39 is 27.4 Å². The smallest absolute Gasteiger partial charge is 0.242 e. The number of anilines is 1. The molecular weight excluding hydrogens is 497 g/mol. The lowest BCUT2D eigenvalue weighted by Gasteiger charge is -2.32. The molecule has 2 rings (SSSR count). The molecule has 0 saturated heterocycles. The largest absolute Gasteiger partial charge is 0.494 e. The fourth-order valence-corrected chi connectivity index (χ4v) is 4.71. The molecule has 37 heavy (non-hydrogen) atoms. The molecule has 0 bridgehead atoms. The van der Waals surface area contributed by atoms with Crippen LogP contribution >= 0.6 is 0 Å². The minimum Gasteiger partial charge on any atom is -0.494 e. The third-order valence-electron chi connectivity index (χ3n) is 5.55. The average molecular weight is 536 g/mol. The highest BCUT2D eigenvalue weighted by Gasteiger charge is 2.29. The lowest BCUT2D eigenvalue weighted by Crippen LogP contribution is -2.52. The molecule has 0 heterocycles. The van der Waals surface area contributed by atoms with Crippen LogP contribution in [0.5, 0.6) is 5.75 Å². The predicted octanol–water partition coefficient (Wildman–Crippen LogP) is 4.10. The van der Waals surface area contributed by atoms with Crippen molar-refractivity contribution in [2.75, 3.05) is 23.7 Å². The van der Waals surface area contributed by atoms with Crippen LogP contribution < -0.4 is 14.4 Å². The highest BCUT2D eigenvalue weighted by atomic mass is 32.2. The summed E-state index contributed by atoms with van der Waals surface area (Å²) in [5.41, 5.74) is 0.240. The van der Waals surface area contributed by atoms with Gasteiger partial charge in [0.05, 0.1) is 18.6 Å². The number of ether oxygens (including phenoxy) is 1. The molecule has 2 amide bonds. The van der Waals surface area contributed by atoms with E-state index in [1.165, 1.54) is 15.3 Å². The lowest BCUT2D eigenvalue weighted by atomic mass is 10.1. The van der Waals surface area contributed by atoms with Crippen molar-refractivity contribution in [1.29, 1.82) is 0 Å². The molecular formula is C27H38FN3O5S. The monoisotopic (exact) mass is 535 g/mol. The molecule has 10 heteroatoms. The Balaban J connectivity index is 2.19. The third kappa shape index (κ3) is 9.35. The van der Waals surface area contributed by atoms with Gasteiger partial charge in [-0.25, -0.2) is 12.8 Å². The van der Waals surface area contributed by atoms with Gasteiger partial charge in [0, 0.05) is 30.6 Å². The standard InChI is InChI=1S/C27H38FN3O5S/c1-7-36-23-16-14-22(15-17-23)31(37(6,34)35)18-10-13-25(32)30(19-21-11-8-9-12-24(21)28)20(2)26(33)29-27(3,4)5/h8-9,11-12,14-17,20H,7,10,13,18-19H2,1-6H3,(H,29,33)/t20-/m1/s1. The second-order valence-electron chi connectivity index (χ2n) is 9.89. The Morgan fingerprint density at radius 2 is 1.70 bits per heavy atom. The number of sulfonamides is 1. The molecule has 0 radical (unpaired) electrons. The van der Waals surface area contributed by atoms with Gasteiger partial charge in [0.15, 0.2) is 0 Å². The maximum absolute atomic E-state index is 14.4. The number of carbonyl (C=O) groups excluding carboxylic acids is 2. The van der Waals surface area contributed by atoms with Gasteiger partial charge in [-0.05, 0) is 71.4 Å². The van der Waals surface area contributed by atoms with E-state index >= 15 is 0 Å². The van der Waals surface area contributed by atoms with Crippen molar-refractivity contribution >= 4 is 27.5 Å². The summed E-state index contributed by atoms with van der Waals surface area (Å²) >= 11 is 0. The van der Waals surface area contributed by atoms with Gasteiger partial charge in [-0.1, -0.05) is 18.2 Å². The Morgan fingerprint density at radius 1 is 1.08 bits per heavy atom. The van der Waals surface area contributed by atoms with E-state index in [1.807, 2.05) is 27.7 Å². The summed E-state index contributed by atoms with van der Waals surface area (Å²) in [6.07, 6.45) is 1.29. The molecule has 204 valence electrons. The first-order valence-electron chi connectivity index (χ1n) is 12.3. The molecule has 0 saturated carbocycles. The molecule has 1 N–H and O–H groups in total. The van der Waals surface area contributed by atoms with Crippen LogP contribution in [0.2, 0.25) is 0 Å². The number of nitrogens with one attached hydrogen (secondary N) is 1. The number of halogens is 1. The van der Waals surface area contributed by atoms with Crippen LogP contribution in [-0.2, 0) is 26.2 Å². The molecule has 8 nitrogen and oxygen atoms in total. The molecule has 1 atom stereocenters. The van der Waals surface area contributed by atoms with Crippen LogP contribution in [0, 0.1) is 5.82 Å². The van der Waals surface area contributed by atoms with Crippen molar-refractivity contribution in [3.05, 3.63) is 59.9 Å². The van der Waals surface area contributed by atoms with Crippen molar-refractivity contribution in [1.82, 2.24) is 10.2 Å². The molecule has 0 aliphatic rings. The van der Waals surface area contributed by atoms with Crippen molar-refractivity contribution in [2.24, 2.45) is 0 Å². The zero-order chi connectivity index (χ0) is 27.8. The minimum absolute atomic E-state index is 0.0232. The summed E-state index contributed by atoms with van der Waals surface area (Å²) in [6, 6.07) is 11.9. The van der Waals surface area contributed by atoms with E-state index in [0.717, 1.165) is 6.26 Å². The Hall–Kier alpha value is -3.14. The molecule has 2 aromatic rings. The number of hydrogen-bond acceptors (Lipinski definition) is 5. The van der Waals surface area contributed by atoms with Crippen LogP contribution in [0.1, 0.15) is 53.0 Å². The molecule has 2 aromatic carbocycles. The first-order valence-corrected chi connectivity index (χ1v) is 14.1. The summed E-state index contributed by atoms with van der Waals surface area (Å²) in [6.45, 7) is 9.43. The molecule has 0 aromatic heterocycles.